The van der Waals surface area contributed by atoms with E-state index in [4.69, 9.17) is 10.2 Å². The minimum absolute atomic E-state index is 0.428. The van der Waals surface area contributed by atoms with E-state index in [2.05, 4.69) is 0 Å². The molecule has 9 nitrogen and oxygen atoms in total. The van der Waals surface area contributed by atoms with Gasteiger partial charge in [-0.2, -0.15) is 0 Å². The third-order valence-corrected chi connectivity index (χ3v) is 4.58. The molecule has 0 aromatic rings. The number of aliphatic carboxylic acids is 2. The van der Waals surface area contributed by atoms with Crippen LogP contribution in [-0.4, -0.2) is 62.8 Å². The summed E-state index contributed by atoms with van der Waals surface area (Å²) in [6, 6.07) is -1.60. The molecule has 0 aliphatic heterocycles. The summed E-state index contributed by atoms with van der Waals surface area (Å²) in [7, 11) is -7.61. The molecule has 11 heteroatoms. The van der Waals surface area contributed by atoms with Gasteiger partial charge in [-0.05, 0) is 6.42 Å². The lowest BCUT2D eigenvalue weighted by Gasteiger charge is -2.13. The number of sulfone groups is 1. The molecule has 0 spiro atoms. The van der Waals surface area contributed by atoms with Crippen LogP contribution in [0.1, 0.15) is 12.8 Å². The number of hydrogen-bond acceptors (Lipinski definition) is 6. The number of carboxylic acids is 2. The van der Waals surface area contributed by atoms with Gasteiger partial charge >= 0.3 is 11.9 Å². The third-order valence-electron chi connectivity index (χ3n) is 1.99. The van der Waals surface area contributed by atoms with Gasteiger partial charge in [-0.3, -0.25) is 9.59 Å². The van der Waals surface area contributed by atoms with Gasteiger partial charge in [0.15, 0.2) is 0 Å². The second-order valence-electron chi connectivity index (χ2n) is 3.89. The first-order valence-corrected chi connectivity index (χ1v) is 8.76. The van der Waals surface area contributed by atoms with Crippen LogP contribution < -0.4 is 4.72 Å². The number of carbonyl (C=O) groups is 2. The Morgan fingerprint density at radius 2 is 1.63 bits per heavy atom. The van der Waals surface area contributed by atoms with E-state index in [1.807, 2.05) is 0 Å². The monoisotopic (exact) mass is 317 g/mol. The topological polar surface area (TPSA) is 155 Å². The lowest BCUT2D eigenvalue weighted by atomic mass is 10.2. The molecule has 0 aliphatic carbocycles. The summed E-state index contributed by atoms with van der Waals surface area (Å²) in [6.07, 6.45) is -0.101. The molecule has 0 radical (unpaired) electrons. The highest BCUT2D eigenvalue weighted by Gasteiger charge is 2.25. The minimum Gasteiger partial charge on any atom is -0.481 e. The van der Waals surface area contributed by atoms with Crippen LogP contribution in [0.25, 0.3) is 0 Å². The minimum atomic E-state index is -4.11. The van der Waals surface area contributed by atoms with Gasteiger partial charge in [0.25, 0.3) is 0 Å². The summed E-state index contributed by atoms with van der Waals surface area (Å²) in [5.74, 6) is -4.21. The molecule has 0 amide bonds. The maximum Gasteiger partial charge on any atom is 0.321 e. The molecule has 0 heterocycles. The van der Waals surface area contributed by atoms with E-state index in [1.165, 1.54) is 0 Å². The smallest absolute Gasteiger partial charge is 0.321 e. The molecule has 0 rings (SSSR count). The average molecular weight is 317 g/mol. The van der Waals surface area contributed by atoms with Crippen LogP contribution in [-0.2, 0) is 29.4 Å². The highest BCUT2D eigenvalue weighted by molar-refractivity contribution is 7.93. The van der Waals surface area contributed by atoms with Crippen LogP contribution in [0.4, 0.5) is 0 Å². The van der Waals surface area contributed by atoms with E-state index >= 15 is 0 Å². The second kappa shape index (κ2) is 6.82. The van der Waals surface area contributed by atoms with E-state index in [0.29, 0.717) is 0 Å². The number of hydrogen-bond donors (Lipinski definition) is 3. The van der Waals surface area contributed by atoms with Gasteiger partial charge in [0.1, 0.15) is 15.9 Å². The molecule has 0 fully saturated rings. The van der Waals surface area contributed by atoms with Crippen molar-refractivity contribution >= 4 is 31.8 Å². The van der Waals surface area contributed by atoms with Gasteiger partial charge in [0.05, 0.1) is 11.5 Å². The highest BCUT2D eigenvalue weighted by atomic mass is 32.2. The van der Waals surface area contributed by atoms with Crippen molar-refractivity contribution in [2.45, 2.75) is 18.9 Å². The lowest BCUT2D eigenvalue weighted by Crippen LogP contribution is -2.43. The quantitative estimate of drug-likeness (QED) is 0.453. The zero-order valence-corrected chi connectivity index (χ0v) is 11.7. The fraction of sp³-hybridized carbons (Fsp3) is 0.750. The number of nitrogens with one attached hydrogen (secondary N) is 1. The SMILES string of the molecule is CS(=O)(=O)CCS(=O)(=O)N[C@@H](CCC(=O)O)C(=O)O. The van der Waals surface area contributed by atoms with Crippen molar-refractivity contribution in [2.24, 2.45) is 0 Å². The van der Waals surface area contributed by atoms with Crippen molar-refractivity contribution in [3.8, 4) is 0 Å². The normalized spacial score (nSPS) is 13.9. The second-order valence-corrected chi connectivity index (χ2v) is 8.02. The molecule has 0 unspecified atom stereocenters. The Morgan fingerprint density at radius 3 is 2.00 bits per heavy atom. The zero-order chi connectivity index (χ0) is 15.3. The highest BCUT2D eigenvalue weighted by Crippen LogP contribution is 2.01. The van der Waals surface area contributed by atoms with E-state index in [0.717, 1.165) is 6.26 Å². The van der Waals surface area contributed by atoms with Crippen LogP contribution in [0.15, 0.2) is 0 Å². The molecule has 112 valence electrons. The van der Waals surface area contributed by atoms with Gasteiger partial charge in [-0.1, -0.05) is 0 Å². The maximum atomic E-state index is 11.5. The van der Waals surface area contributed by atoms with Crippen molar-refractivity contribution in [1.29, 1.82) is 0 Å². The lowest BCUT2D eigenvalue weighted by molar-refractivity contribution is -0.140. The first-order valence-electron chi connectivity index (χ1n) is 5.05. The average Bonchev–Trinajstić information content (AvgIpc) is 2.20. The van der Waals surface area contributed by atoms with Crippen molar-refractivity contribution in [2.75, 3.05) is 17.8 Å². The summed E-state index contributed by atoms with van der Waals surface area (Å²) in [5.41, 5.74) is 0. The Hall–Kier alpha value is -1.20. The van der Waals surface area contributed by atoms with Gasteiger partial charge in [0.2, 0.25) is 10.0 Å². The van der Waals surface area contributed by atoms with Crippen LogP contribution in [0, 0.1) is 0 Å². The molecule has 0 aromatic carbocycles. The third kappa shape index (κ3) is 9.39. The molecule has 3 N–H and O–H groups in total. The number of rotatable bonds is 9. The number of sulfonamides is 1. The Labute approximate surface area is 110 Å². The summed E-state index contributed by atoms with van der Waals surface area (Å²) < 4.78 is 46.3. The maximum absolute atomic E-state index is 11.5. The fourth-order valence-corrected chi connectivity index (χ4v) is 3.90. The van der Waals surface area contributed by atoms with E-state index in [9.17, 15) is 26.4 Å². The predicted octanol–water partition coefficient (Wildman–Crippen LogP) is -1.73. The van der Waals surface area contributed by atoms with Gasteiger partial charge in [-0.25, -0.2) is 21.6 Å². The van der Waals surface area contributed by atoms with Gasteiger partial charge < -0.3 is 10.2 Å². The first-order chi connectivity index (χ1) is 8.43. The van der Waals surface area contributed by atoms with Gasteiger partial charge in [0, 0.05) is 12.7 Å². The standard InChI is InChI=1S/C8H15NO8S2/c1-18(14,15)4-5-19(16,17)9-6(8(12)13)2-3-7(10)11/h6,9H,2-5H2,1H3,(H,10,11)(H,12,13)/t6-/m0/s1. The Bertz CT molecular complexity index is 535. The van der Waals surface area contributed by atoms with Crippen molar-refractivity contribution in [3.63, 3.8) is 0 Å². The molecular formula is C8H15NO8S2. The van der Waals surface area contributed by atoms with Crippen molar-refractivity contribution < 1.29 is 36.6 Å². The fourth-order valence-electron chi connectivity index (χ4n) is 1.04. The molecule has 0 bridgehead atoms. The molecule has 0 aromatic heterocycles. The Kier molecular flexibility index (Phi) is 6.39. The summed E-state index contributed by atoms with van der Waals surface area (Å²) >= 11 is 0. The van der Waals surface area contributed by atoms with Crippen LogP contribution >= 0.6 is 0 Å². The molecular weight excluding hydrogens is 302 g/mol. The first kappa shape index (κ1) is 17.8. The zero-order valence-electron chi connectivity index (χ0n) is 10.1. The van der Waals surface area contributed by atoms with Crippen LogP contribution in [0.2, 0.25) is 0 Å². The summed E-state index contributed by atoms with van der Waals surface area (Å²) in [6.45, 7) is 0. The van der Waals surface area contributed by atoms with Crippen molar-refractivity contribution in [1.82, 2.24) is 4.72 Å². The molecule has 0 saturated heterocycles. The van der Waals surface area contributed by atoms with E-state index < -0.39 is 62.2 Å². The Balaban J connectivity index is 4.65. The van der Waals surface area contributed by atoms with E-state index in [1.54, 1.807) is 4.72 Å². The molecule has 1 atom stereocenters. The summed E-state index contributed by atoms with van der Waals surface area (Å²) in [4.78, 5) is 21.1. The Morgan fingerprint density at radius 1 is 1.11 bits per heavy atom. The molecule has 19 heavy (non-hydrogen) atoms. The molecule has 0 saturated carbocycles. The van der Waals surface area contributed by atoms with Crippen LogP contribution in [0.5, 0.6) is 0 Å². The molecule has 0 aliphatic rings. The number of carboxylic acid groups (broad SMARTS) is 2. The summed E-state index contributed by atoms with van der Waals surface area (Å²) in [5, 5.41) is 17.1. The van der Waals surface area contributed by atoms with Crippen molar-refractivity contribution in [3.05, 3.63) is 0 Å². The predicted molar refractivity (Wildman–Crippen MR) is 64.9 cm³/mol. The van der Waals surface area contributed by atoms with E-state index in [-0.39, 0.29) is 0 Å². The largest absolute Gasteiger partial charge is 0.481 e. The van der Waals surface area contributed by atoms with Gasteiger partial charge in [-0.15, -0.1) is 0 Å². The van der Waals surface area contributed by atoms with Crippen LogP contribution in [0.3, 0.4) is 0 Å².